The summed E-state index contributed by atoms with van der Waals surface area (Å²) in [5, 5.41) is 17.7. The highest BCUT2D eigenvalue weighted by Gasteiger charge is 2.47. The molecule has 3 aliphatic carbocycles. The van der Waals surface area contributed by atoms with Gasteiger partial charge in [-0.05, 0) is 149 Å². The summed E-state index contributed by atoms with van der Waals surface area (Å²) < 4.78 is 66.2. The van der Waals surface area contributed by atoms with Crippen LogP contribution in [0.2, 0.25) is 0 Å². The van der Waals surface area contributed by atoms with Gasteiger partial charge in [0, 0.05) is 62.6 Å². The second-order valence-corrected chi connectivity index (χ2v) is 37.4. The Labute approximate surface area is 838 Å². The maximum Gasteiger partial charge on any atom is 0.336 e. The molecule has 0 bridgehead atoms. The van der Waals surface area contributed by atoms with Gasteiger partial charge in [0.05, 0.1) is 131 Å². The van der Waals surface area contributed by atoms with Crippen molar-refractivity contribution in [1.29, 1.82) is 10.5 Å². The van der Waals surface area contributed by atoms with Gasteiger partial charge in [0.25, 0.3) is 12.5 Å². The molecule has 798 valence electrons. The summed E-state index contributed by atoms with van der Waals surface area (Å²) in [6.07, 6.45) is 31.4. The van der Waals surface area contributed by atoms with Crippen LogP contribution in [-0.4, -0.2) is 270 Å². The molecule has 0 saturated heterocycles. The van der Waals surface area contributed by atoms with E-state index in [1.54, 1.807) is 32.3 Å². The van der Waals surface area contributed by atoms with Gasteiger partial charge in [-0.2, -0.15) is 10.5 Å². The van der Waals surface area contributed by atoms with Crippen LogP contribution < -0.4 is 34.1 Å². The van der Waals surface area contributed by atoms with Gasteiger partial charge >= 0.3 is 58.0 Å². The molecule has 2 aromatic rings. The van der Waals surface area contributed by atoms with Crippen molar-refractivity contribution in [2.75, 3.05) is 152 Å². The highest BCUT2D eigenvalue weighted by Crippen LogP contribution is 2.50. The number of hydrogen-bond acceptors (Lipinski definition) is 40. The number of rotatable bonds is 64. The minimum atomic E-state index is -0.666. The summed E-state index contributed by atoms with van der Waals surface area (Å²) in [5.41, 5.74) is -5.39. The lowest BCUT2D eigenvalue weighted by Crippen LogP contribution is -2.59. The number of aliphatic imine (C=N–C) groups is 8. The lowest BCUT2D eigenvalue weighted by molar-refractivity contribution is -0.141. The van der Waals surface area contributed by atoms with Crippen molar-refractivity contribution in [2.24, 2.45) is 72.4 Å². The number of nitrogens with zero attached hydrogens (tertiary/aromatic N) is 16. The number of carbonyl (C=O) groups is 4. The van der Waals surface area contributed by atoms with E-state index in [0.717, 1.165) is 77.2 Å². The first-order valence-corrected chi connectivity index (χ1v) is 47.6. The van der Waals surface area contributed by atoms with E-state index in [-0.39, 0.29) is 126 Å². The molecule has 0 radical (unpaired) electrons. The third-order valence-electron chi connectivity index (χ3n) is 22.0. The van der Waals surface area contributed by atoms with Crippen LogP contribution in [0.4, 0.5) is 0 Å². The summed E-state index contributed by atoms with van der Waals surface area (Å²) in [4.78, 5) is 235. The standard InChI is InChI=1S/C36H54N6O6.C24H36N6O6.C11H17NO5.C10H15NO5.C9H13NO4.C8H11NO4/c1-31(2)10-25(38-23-43)12-34(7,16-31)19-40-28(45)41(20-35(8)13-26(39-24-44)11-32(3,4)17-35)30(47)42(29(40)46)21-36(9)15-27(48-22-37)14-33(5,6)18-36;25-19-36-18-12-6-5-11-17-30-23(34)28(15-9-3-1-7-13-26-20-31)22(33)29(24(30)35)16-10-4-2-8-14-27-21-32;1-10(2)11(14)17-8-7-16-6-5-15-4-3-12-9-13;1-2-10(13)16-8-7-15-6-5-14-4-3-11-9-12;1-8(2)9(12)14-6-5-13-4-3-10-7-11;1-2-8(11)13-6-5-12-4-3-9-7-10/h25-27H,10-21H2,1-9H3;1-18H2;1,3-8H2,2H3;2H,1,3-8H2;1,3-6H2,2H3;2H,1,3-6H2. The molecule has 0 amide bonds. The highest BCUT2D eigenvalue weighted by atomic mass is 16.6. The number of esters is 4. The predicted molar refractivity (Wildman–Crippen MR) is 524 cm³/mol. The molecule has 2 heterocycles. The fourth-order valence-corrected chi connectivity index (χ4v) is 17.2. The second-order valence-electron chi connectivity index (χ2n) is 37.4. The summed E-state index contributed by atoms with van der Waals surface area (Å²) >= 11 is 0. The molecular weight excluding hydrogens is 1880 g/mol. The van der Waals surface area contributed by atoms with Gasteiger partial charge in [-0.3, -0.25) is 0 Å². The molecule has 0 spiro atoms. The Morgan fingerprint density at radius 1 is 0.333 bits per heavy atom. The molecule has 46 heteroatoms. The van der Waals surface area contributed by atoms with E-state index in [2.05, 4.69) is 122 Å². The van der Waals surface area contributed by atoms with Crippen molar-refractivity contribution in [3.8, 4) is 12.5 Å². The second kappa shape index (κ2) is 76.7. The molecule has 6 atom stereocenters. The summed E-state index contributed by atoms with van der Waals surface area (Å²) in [5.74, 6) is -1.79. The zero-order valence-corrected chi connectivity index (χ0v) is 85.5. The minimum Gasteiger partial charge on any atom is -0.460 e. The van der Waals surface area contributed by atoms with Crippen LogP contribution in [0.25, 0.3) is 0 Å². The lowest BCUT2D eigenvalue weighted by atomic mass is 9.62. The van der Waals surface area contributed by atoms with Gasteiger partial charge in [0.2, 0.25) is 48.6 Å². The number of unbranched alkanes of at least 4 members (excludes halogenated alkanes) is 9. The third kappa shape index (κ3) is 59.8. The van der Waals surface area contributed by atoms with Gasteiger partial charge in [-0.25, -0.2) is 154 Å². The van der Waals surface area contributed by atoms with E-state index in [4.69, 9.17) is 47.9 Å². The van der Waals surface area contributed by atoms with Crippen LogP contribution in [0.15, 0.2) is 118 Å². The molecule has 3 saturated carbocycles. The Kier molecular flexibility index (Phi) is 69.8. The molecule has 46 nitrogen and oxygen atoms in total. The Morgan fingerprint density at radius 2 is 0.604 bits per heavy atom. The van der Waals surface area contributed by atoms with Crippen LogP contribution in [0, 0.1) is 55.5 Å². The third-order valence-corrected chi connectivity index (χ3v) is 22.0. The number of aromatic nitrogens is 6. The van der Waals surface area contributed by atoms with Crippen molar-refractivity contribution in [1.82, 2.24) is 27.4 Å². The van der Waals surface area contributed by atoms with Crippen molar-refractivity contribution < 1.29 is 114 Å². The van der Waals surface area contributed by atoms with Crippen LogP contribution in [0.5, 0.6) is 0 Å². The lowest BCUT2D eigenvalue weighted by Gasteiger charge is -2.46. The molecule has 3 aliphatic rings. The SMILES string of the molecule is C=C(C)C(=O)OCCOCCN=C=O.C=C(C)C(=O)OCCOCCOCCN=C=O.C=CC(=O)OCCOCCN=C=O.C=CC(=O)OCCOCCOCCN=C=O.CC1(C)CC(N=C=O)CC(C)(Cn2c(=O)n(CC3(C)CC(N=C=O)CC(C)(C)C3)c(=O)n(CC3(C)CC(OC#N)CC(C)(C)C3)c2=O)C1.N#COCCCCCCn1c(=O)n(CCCCCCN=C=O)c(=O)n(CCCCCCN=C=O)c1=O. The summed E-state index contributed by atoms with van der Waals surface area (Å²) in [6.45, 7) is 43.1. The van der Waals surface area contributed by atoms with E-state index >= 15 is 0 Å². The molecule has 5 rings (SSSR count). The van der Waals surface area contributed by atoms with Crippen LogP contribution >= 0.6 is 0 Å². The largest absolute Gasteiger partial charge is 0.460 e. The van der Waals surface area contributed by atoms with Crippen LogP contribution in [0.1, 0.15) is 211 Å². The van der Waals surface area contributed by atoms with Crippen LogP contribution in [0.3, 0.4) is 0 Å². The van der Waals surface area contributed by atoms with E-state index in [9.17, 15) is 91.6 Å². The first kappa shape index (κ1) is 131. The Balaban J connectivity index is 0.00000186. The predicted octanol–water partition coefficient (Wildman–Crippen LogP) is 8.20. The molecule has 0 aliphatic heterocycles. The molecular formula is C98H146N16O30. The van der Waals surface area contributed by atoms with Crippen molar-refractivity contribution in [2.45, 2.75) is 268 Å². The molecule has 6 unspecified atom stereocenters. The molecule has 3 fully saturated rings. The monoisotopic (exact) mass is 2030 g/mol. The van der Waals surface area contributed by atoms with Crippen molar-refractivity contribution in [3.05, 3.63) is 113 Å². The molecule has 0 N–H and O–H groups in total. The number of nitriles is 2. The zero-order valence-electron chi connectivity index (χ0n) is 85.5. The van der Waals surface area contributed by atoms with Gasteiger partial charge in [-0.1, -0.05) is 121 Å². The van der Waals surface area contributed by atoms with E-state index in [1.807, 2.05) is 27.0 Å². The van der Waals surface area contributed by atoms with Gasteiger partial charge in [0.15, 0.2) is 0 Å². The normalized spacial score (nSPS) is 17.6. The smallest absolute Gasteiger partial charge is 0.336 e. The Hall–Kier alpha value is -13.0. The summed E-state index contributed by atoms with van der Waals surface area (Å²) in [6, 6.07) is -0.585. The fourth-order valence-electron chi connectivity index (χ4n) is 17.2. The molecule has 2 aromatic heterocycles. The Bertz CT molecular complexity index is 5040. The van der Waals surface area contributed by atoms with E-state index in [1.165, 1.54) is 50.2 Å². The van der Waals surface area contributed by atoms with Crippen LogP contribution in [-0.2, 0) is 154 Å². The van der Waals surface area contributed by atoms with Crippen molar-refractivity contribution >= 4 is 72.5 Å². The van der Waals surface area contributed by atoms with Gasteiger partial charge < -0.3 is 56.8 Å². The number of isocyanates is 8. The van der Waals surface area contributed by atoms with Crippen molar-refractivity contribution in [3.63, 3.8) is 0 Å². The first-order chi connectivity index (χ1) is 68.6. The van der Waals surface area contributed by atoms with Gasteiger partial charge in [-0.15, -0.1) is 0 Å². The minimum absolute atomic E-state index is 0.0558. The maximum atomic E-state index is 14.4. The first-order valence-electron chi connectivity index (χ1n) is 47.6. The summed E-state index contributed by atoms with van der Waals surface area (Å²) in [7, 11) is 0. The van der Waals surface area contributed by atoms with Gasteiger partial charge in [0.1, 0.15) is 39.1 Å². The number of hydrogen-bond donors (Lipinski definition) is 0. The number of carbonyl (C=O) groups excluding carboxylic acids is 12. The van der Waals surface area contributed by atoms with E-state index < -0.39 is 74.3 Å². The Morgan fingerprint density at radius 3 is 0.896 bits per heavy atom. The van der Waals surface area contributed by atoms with E-state index in [0.29, 0.717) is 193 Å². The quantitative estimate of drug-likeness (QED) is 0.0114. The fraction of sp³-hybridized carbons (Fsp3) is 0.714. The number of ether oxygens (including phenoxy) is 12. The zero-order chi connectivity index (χ0) is 108. The molecule has 144 heavy (non-hydrogen) atoms. The maximum absolute atomic E-state index is 14.4. The highest BCUT2D eigenvalue weighted by molar-refractivity contribution is 5.87. The molecule has 0 aromatic carbocycles. The average molecular weight is 2030 g/mol. The topological polar surface area (TPSA) is 594 Å². The average Bonchev–Trinajstić information content (AvgIpc) is 0.744.